The molecule has 3 rings (SSSR count). The first kappa shape index (κ1) is 17.8. The second kappa shape index (κ2) is 7.49. The summed E-state index contributed by atoms with van der Waals surface area (Å²) in [6.07, 6.45) is 0. The number of hydrogen-bond acceptors (Lipinski definition) is 2. The summed E-state index contributed by atoms with van der Waals surface area (Å²) in [5, 5.41) is 0.754. The SMILES string of the molecule is Cc1ccc(Cl)cc1N1CCN(C(=O)c2ccc(C(C)C)cc2)CC1. The summed E-state index contributed by atoms with van der Waals surface area (Å²) in [6.45, 7) is 9.54. The van der Waals surface area contributed by atoms with Crippen molar-refractivity contribution in [3.8, 4) is 0 Å². The maximum atomic E-state index is 12.7. The number of anilines is 1. The van der Waals surface area contributed by atoms with Gasteiger partial charge in [0, 0.05) is 42.5 Å². The number of benzene rings is 2. The Morgan fingerprint density at radius 2 is 1.64 bits per heavy atom. The molecule has 0 atom stereocenters. The fraction of sp³-hybridized carbons (Fsp3) is 0.381. The highest BCUT2D eigenvalue weighted by Gasteiger charge is 2.23. The van der Waals surface area contributed by atoms with Crippen molar-refractivity contribution in [2.45, 2.75) is 26.7 Å². The van der Waals surface area contributed by atoms with Gasteiger partial charge in [0.05, 0.1) is 0 Å². The summed E-state index contributed by atoms with van der Waals surface area (Å²) < 4.78 is 0. The Morgan fingerprint density at radius 1 is 1.00 bits per heavy atom. The quantitative estimate of drug-likeness (QED) is 0.793. The van der Waals surface area contributed by atoms with Gasteiger partial charge >= 0.3 is 0 Å². The molecule has 0 N–H and O–H groups in total. The Labute approximate surface area is 155 Å². The molecule has 1 aliphatic heterocycles. The first-order valence-electron chi connectivity index (χ1n) is 8.86. The van der Waals surface area contributed by atoms with Crippen molar-refractivity contribution in [1.82, 2.24) is 4.90 Å². The minimum absolute atomic E-state index is 0.123. The number of carbonyl (C=O) groups is 1. The fourth-order valence-corrected chi connectivity index (χ4v) is 3.43. The zero-order valence-corrected chi connectivity index (χ0v) is 15.9. The molecular formula is C21H25ClN2O. The van der Waals surface area contributed by atoms with Crippen LogP contribution in [-0.2, 0) is 0 Å². The lowest BCUT2D eigenvalue weighted by atomic mass is 10.0. The Balaban J connectivity index is 1.65. The second-order valence-corrected chi connectivity index (χ2v) is 7.42. The summed E-state index contributed by atoms with van der Waals surface area (Å²) >= 11 is 6.14. The van der Waals surface area contributed by atoms with Crippen LogP contribution in [0.25, 0.3) is 0 Å². The normalized spacial score (nSPS) is 14.9. The number of piperazine rings is 1. The molecule has 0 unspecified atom stereocenters. The standard InChI is InChI=1S/C21H25ClN2O/c1-15(2)17-5-7-18(8-6-17)21(25)24-12-10-23(11-13-24)20-14-19(22)9-4-16(20)3/h4-9,14-15H,10-13H2,1-3H3. The van der Waals surface area contributed by atoms with E-state index in [0.717, 1.165) is 36.8 Å². The molecule has 0 spiro atoms. The van der Waals surface area contributed by atoms with Crippen molar-refractivity contribution in [3.05, 3.63) is 64.2 Å². The van der Waals surface area contributed by atoms with E-state index in [2.05, 4.69) is 37.8 Å². The van der Waals surface area contributed by atoms with Crippen molar-refractivity contribution in [2.75, 3.05) is 31.1 Å². The predicted octanol–water partition coefficient (Wildman–Crippen LogP) is 4.73. The van der Waals surface area contributed by atoms with E-state index >= 15 is 0 Å². The molecular weight excluding hydrogens is 332 g/mol. The van der Waals surface area contributed by atoms with Crippen LogP contribution in [-0.4, -0.2) is 37.0 Å². The summed E-state index contributed by atoms with van der Waals surface area (Å²) in [7, 11) is 0. The van der Waals surface area contributed by atoms with Gasteiger partial charge in [0.1, 0.15) is 0 Å². The number of carbonyl (C=O) groups excluding carboxylic acids is 1. The molecule has 1 aliphatic rings. The lowest BCUT2D eigenvalue weighted by molar-refractivity contribution is 0.0747. The highest BCUT2D eigenvalue weighted by Crippen LogP contribution is 2.25. The summed E-state index contributed by atoms with van der Waals surface area (Å²) in [4.78, 5) is 17.0. The van der Waals surface area contributed by atoms with E-state index in [4.69, 9.17) is 11.6 Å². The lowest BCUT2D eigenvalue weighted by Crippen LogP contribution is -2.49. The molecule has 1 amide bonds. The van der Waals surface area contributed by atoms with E-state index in [1.807, 2.05) is 35.2 Å². The lowest BCUT2D eigenvalue weighted by Gasteiger charge is -2.37. The fourth-order valence-electron chi connectivity index (χ4n) is 3.27. The van der Waals surface area contributed by atoms with Gasteiger partial charge in [0.2, 0.25) is 0 Å². The molecule has 0 aromatic heterocycles. The molecule has 2 aromatic carbocycles. The van der Waals surface area contributed by atoms with Crippen molar-refractivity contribution in [1.29, 1.82) is 0 Å². The van der Waals surface area contributed by atoms with Gasteiger partial charge in [-0.1, -0.05) is 43.6 Å². The van der Waals surface area contributed by atoms with E-state index in [9.17, 15) is 4.79 Å². The highest BCUT2D eigenvalue weighted by atomic mass is 35.5. The third kappa shape index (κ3) is 3.98. The zero-order valence-electron chi connectivity index (χ0n) is 15.1. The second-order valence-electron chi connectivity index (χ2n) is 6.99. The Kier molecular flexibility index (Phi) is 5.33. The van der Waals surface area contributed by atoms with E-state index in [0.29, 0.717) is 5.92 Å². The number of halogens is 1. The van der Waals surface area contributed by atoms with Gasteiger partial charge in [0.15, 0.2) is 0 Å². The predicted molar refractivity (Wildman–Crippen MR) is 105 cm³/mol. The summed E-state index contributed by atoms with van der Waals surface area (Å²) in [6, 6.07) is 14.0. The van der Waals surface area contributed by atoms with E-state index in [-0.39, 0.29) is 5.91 Å². The van der Waals surface area contributed by atoms with Crippen LogP contribution in [0.15, 0.2) is 42.5 Å². The van der Waals surface area contributed by atoms with Crippen molar-refractivity contribution >= 4 is 23.2 Å². The van der Waals surface area contributed by atoms with Crippen LogP contribution < -0.4 is 4.90 Å². The maximum Gasteiger partial charge on any atom is 0.253 e. The molecule has 0 bridgehead atoms. The van der Waals surface area contributed by atoms with Crippen LogP contribution in [0.5, 0.6) is 0 Å². The molecule has 0 aliphatic carbocycles. The Hall–Kier alpha value is -2.00. The van der Waals surface area contributed by atoms with Crippen LogP contribution in [0.1, 0.15) is 41.3 Å². The molecule has 2 aromatic rings. The summed E-state index contributed by atoms with van der Waals surface area (Å²) in [5.41, 5.74) is 4.42. The molecule has 25 heavy (non-hydrogen) atoms. The van der Waals surface area contributed by atoms with Gasteiger partial charge in [0.25, 0.3) is 5.91 Å². The molecule has 1 heterocycles. The summed E-state index contributed by atoms with van der Waals surface area (Å²) in [5.74, 6) is 0.603. The van der Waals surface area contributed by atoms with Gasteiger partial charge < -0.3 is 9.80 Å². The van der Waals surface area contributed by atoms with Gasteiger partial charge in [-0.25, -0.2) is 0 Å². The molecule has 3 nitrogen and oxygen atoms in total. The van der Waals surface area contributed by atoms with Gasteiger partial charge in [-0.15, -0.1) is 0 Å². The number of nitrogens with zero attached hydrogens (tertiary/aromatic N) is 2. The molecule has 1 fully saturated rings. The first-order valence-corrected chi connectivity index (χ1v) is 9.24. The molecule has 1 saturated heterocycles. The van der Waals surface area contributed by atoms with Crippen molar-refractivity contribution in [2.24, 2.45) is 0 Å². The van der Waals surface area contributed by atoms with Gasteiger partial charge in [-0.2, -0.15) is 0 Å². The van der Waals surface area contributed by atoms with Gasteiger partial charge in [-0.3, -0.25) is 4.79 Å². The molecule has 0 saturated carbocycles. The number of hydrogen-bond donors (Lipinski definition) is 0. The average Bonchev–Trinajstić information content (AvgIpc) is 2.63. The monoisotopic (exact) mass is 356 g/mol. The number of rotatable bonds is 3. The van der Waals surface area contributed by atoms with E-state index in [1.165, 1.54) is 16.8 Å². The average molecular weight is 357 g/mol. The highest BCUT2D eigenvalue weighted by molar-refractivity contribution is 6.30. The van der Waals surface area contributed by atoms with Crippen molar-refractivity contribution in [3.63, 3.8) is 0 Å². The topological polar surface area (TPSA) is 23.6 Å². The van der Waals surface area contributed by atoms with Gasteiger partial charge in [-0.05, 0) is 48.2 Å². The van der Waals surface area contributed by atoms with Crippen LogP contribution >= 0.6 is 11.6 Å². The first-order chi connectivity index (χ1) is 12.0. The number of aryl methyl sites for hydroxylation is 1. The largest absolute Gasteiger partial charge is 0.368 e. The van der Waals surface area contributed by atoms with Crippen LogP contribution in [0, 0.1) is 6.92 Å². The Morgan fingerprint density at radius 3 is 2.24 bits per heavy atom. The van der Waals surface area contributed by atoms with Crippen molar-refractivity contribution < 1.29 is 4.79 Å². The van der Waals surface area contributed by atoms with Crippen LogP contribution in [0.4, 0.5) is 5.69 Å². The minimum atomic E-state index is 0.123. The van der Waals surface area contributed by atoms with Crippen LogP contribution in [0.2, 0.25) is 5.02 Å². The zero-order chi connectivity index (χ0) is 18.0. The molecule has 132 valence electrons. The van der Waals surface area contributed by atoms with E-state index < -0.39 is 0 Å². The minimum Gasteiger partial charge on any atom is -0.368 e. The molecule has 0 radical (unpaired) electrons. The number of amides is 1. The van der Waals surface area contributed by atoms with E-state index in [1.54, 1.807) is 0 Å². The smallest absolute Gasteiger partial charge is 0.253 e. The molecule has 4 heteroatoms. The third-order valence-electron chi connectivity index (χ3n) is 4.90. The van der Waals surface area contributed by atoms with Crippen LogP contribution in [0.3, 0.4) is 0 Å². The third-order valence-corrected chi connectivity index (χ3v) is 5.14. The maximum absolute atomic E-state index is 12.7. The Bertz CT molecular complexity index is 747.